The highest BCUT2D eigenvalue weighted by molar-refractivity contribution is 7.12. The van der Waals surface area contributed by atoms with Crippen LogP contribution in [0.25, 0.3) is 11.1 Å². The molecule has 5 heteroatoms. The Morgan fingerprint density at radius 1 is 1.04 bits per heavy atom. The van der Waals surface area contributed by atoms with Crippen molar-refractivity contribution in [2.24, 2.45) is 0 Å². The van der Waals surface area contributed by atoms with Crippen molar-refractivity contribution in [1.29, 1.82) is 0 Å². The molecule has 0 saturated heterocycles. The van der Waals surface area contributed by atoms with Crippen LogP contribution in [-0.2, 0) is 4.74 Å². The van der Waals surface area contributed by atoms with Crippen LogP contribution in [0.15, 0.2) is 60.0 Å². The zero-order valence-electron chi connectivity index (χ0n) is 13.5. The van der Waals surface area contributed by atoms with E-state index >= 15 is 0 Å². The van der Waals surface area contributed by atoms with Crippen LogP contribution in [0, 0.1) is 12.7 Å². The van der Waals surface area contributed by atoms with E-state index in [0.717, 1.165) is 16.7 Å². The molecule has 3 rings (SSSR count). The number of esters is 1. The molecule has 3 aromatic rings. The summed E-state index contributed by atoms with van der Waals surface area (Å²) < 4.78 is 18.7. The molecule has 25 heavy (non-hydrogen) atoms. The number of rotatable bonds is 5. The van der Waals surface area contributed by atoms with Crippen molar-refractivity contribution < 1.29 is 18.7 Å². The molecule has 0 aliphatic heterocycles. The number of carbonyl (C=O) groups is 2. The minimum Gasteiger partial charge on any atom is -0.453 e. The zero-order chi connectivity index (χ0) is 17.8. The van der Waals surface area contributed by atoms with Crippen LogP contribution in [0.5, 0.6) is 0 Å². The number of carbonyl (C=O) groups excluding carboxylic acids is 2. The van der Waals surface area contributed by atoms with E-state index < -0.39 is 24.2 Å². The van der Waals surface area contributed by atoms with Gasteiger partial charge in [-0.3, -0.25) is 4.79 Å². The Balaban J connectivity index is 1.73. The summed E-state index contributed by atoms with van der Waals surface area (Å²) in [5.74, 6) is -1.78. The quantitative estimate of drug-likeness (QED) is 0.483. The normalized spacial score (nSPS) is 10.5. The first-order valence-corrected chi connectivity index (χ1v) is 8.53. The fourth-order valence-corrected chi connectivity index (χ4v) is 3.20. The van der Waals surface area contributed by atoms with Crippen LogP contribution in [0.4, 0.5) is 4.39 Å². The number of Topliss-reactive ketones (excluding diaryl/α,β-unsaturated/α-hetero) is 1. The minimum absolute atomic E-state index is 0.0831. The predicted molar refractivity (Wildman–Crippen MR) is 95.5 cm³/mol. The molecule has 0 atom stereocenters. The molecule has 0 fully saturated rings. The minimum atomic E-state index is -0.625. The summed E-state index contributed by atoms with van der Waals surface area (Å²) in [7, 11) is 0. The first-order valence-electron chi connectivity index (χ1n) is 7.65. The third kappa shape index (κ3) is 3.83. The molecule has 0 spiro atoms. The molecule has 0 saturated carbocycles. The van der Waals surface area contributed by atoms with Crippen LogP contribution >= 0.6 is 11.3 Å². The molecule has 0 bridgehead atoms. The Bertz CT molecular complexity index is 913. The summed E-state index contributed by atoms with van der Waals surface area (Å²) in [5, 5.41) is 1.80. The van der Waals surface area contributed by atoms with Gasteiger partial charge in [-0.05, 0) is 36.1 Å². The largest absolute Gasteiger partial charge is 0.453 e. The number of benzene rings is 2. The highest BCUT2D eigenvalue weighted by atomic mass is 32.1. The van der Waals surface area contributed by atoms with Gasteiger partial charge in [-0.25, -0.2) is 9.18 Å². The zero-order valence-corrected chi connectivity index (χ0v) is 14.3. The summed E-state index contributed by atoms with van der Waals surface area (Å²) in [5.41, 5.74) is 2.70. The van der Waals surface area contributed by atoms with Gasteiger partial charge >= 0.3 is 5.97 Å². The highest BCUT2D eigenvalue weighted by Crippen LogP contribution is 2.29. The second kappa shape index (κ2) is 7.40. The van der Waals surface area contributed by atoms with Gasteiger partial charge in [-0.2, -0.15) is 0 Å². The monoisotopic (exact) mass is 354 g/mol. The van der Waals surface area contributed by atoms with Gasteiger partial charge in [0.15, 0.2) is 6.61 Å². The summed E-state index contributed by atoms with van der Waals surface area (Å²) >= 11 is 1.25. The van der Waals surface area contributed by atoms with E-state index in [1.54, 1.807) is 11.4 Å². The summed E-state index contributed by atoms with van der Waals surface area (Å²) in [4.78, 5) is 24.8. The third-order valence-corrected chi connectivity index (χ3v) is 4.62. The molecule has 0 aliphatic carbocycles. The Morgan fingerprint density at radius 3 is 2.48 bits per heavy atom. The average Bonchev–Trinajstić information content (AvgIpc) is 3.10. The van der Waals surface area contributed by atoms with Gasteiger partial charge in [0.1, 0.15) is 10.7 Å². The number of aryl methyl sites for hydroxylation is 1. The maximum atomic E-state index is 13.6. The number of ether oxygens (including phenoxy) is 1. The van der Waals surface area contributed by atoms with E-state index in [0.29, 0.717) is 4.88 Å². The van der Waals surface area contributed by atoms with Crippen LogP contribution in [0.1, 0.15) is 25.6 Å². The summed E-state index contributed by atoms with van der Waals surface area (Å²) in [6.07, 6.45) is 0. The Morgan fingerprint density at radius 2 is 1.76 bits per heavy atom. The first-order chi connectivity index (χ1) is 12.1. The van der Waals surface area contributed by atoms with Gasteiger partial charge in [0.05, 0.1) is 5.56 Å². The van der Waals surface area contributed by atoms with Crippen molar-refractivity contribution in [2.75, 3.05) is 6.61 Å². The lowest BCUT2D eigenvalue weighted by Gasteiger charge is -2.06. The van der Waals surface area contributed by atoms with Crippen LogP contribution in [-0.4, -0.2) is 18.4 Å². The first kappa shape index (κ1) is 17.0. The highest BCUT2D eigenvalue weighted by Gasteiger charge is 2.19. The molecule has 0 N–H and O–H groups in total. The topological polar surface area (TPSA) is 43.4 Å². The standard InChI is InChI=1S/C20H15FO3S/c1-13-6-8-14(9-7-13)15-10-11-25-19(15)20(23)24-12-18(22)16-4-2-3-5-17(16)21/h2-11H,12H2,1H3. The predicted octanol–water partition coefficient (Wildman–Crippen LogP) is 4.90. The van der Waals surface area contributed by atoms with Gasteiger partial charge in [-0.1, -0.05) is 42.0 Å². The lowest BCUT2D eigenvalue weighted by molar-refractivity contribution is 0.0479. The van der Waals surface area contributed by atoms with Gasteiger partial charge in [0, 0.05) is 5.56 Å². The maximum absolute atomic E-state index is 13.6. The second-order valence-corrected chi connectivity index (χ2v) is 6.42. The number of hydrogen-bond acceptors (Lipinski definition) is 4. The Labute approximate surface area is 148 Å². The molecule has 0 aliphatic rings. The van der Waals surface area contributed by atoms with Crippen LogP contribution < -0.4 is 0 Å². The molecule has 2 aromatic carbocycles. The van der Waals surface area contributed by atoms with Gasteiger partial charge in [-0.15, -0.1) is 11.3 Å². The second-order valence-electron chi connectivity index (χ2n) is 5.51. The van der Waals surface area contributed by atoms with E-state index in [9.17, 15) is 14.0 Å². The summed E-state index contributed by atoms with van der Waals surface area (Å²) in [6.45, 7) is 1.49. The fraction of sp³-hybridized carbons (Fsp3) is 0.100. The van der Waals surface area contributed by atoms with E-state index in [2.05, 4.69) is 0 Å². The van der Waals surface area contributed by atoms with Crippen LogP contribution in [0.2, 0.25) is 0 Å². The van der Waals surface area contributed by atoms with E-state index in [-0.39, 0.29) is 5.56 Å². The maximum Gasteiger partial charge on any atom is 0.349 e. The van der Waals surface area contributed by atoms with Gasteiger partial charge in [0.2, 0.25) is 5.78 Å². The van der Waals surface area contributed by atoms with Crippen molar-refractivity contribution in [3.8, 4) is 11.1 Å². The van der Waals surface area contributed by atoms with Crippen LogP contribution in [0.3, 0.4) is 0 Å². The molecule has 126 valence electrons. The van der Waals surface area contributed by atoms with Crippen molar-refractivity contribution in [3.63, 3.8) is 0 Å². The number of ketones is 1. The molecule has 0 radical (unpaired) electrons. The molecule has 0 amide bonds. The fourth-order valence-electron chi connectivity index (χ4n) is 2.39. The number of hydrogen-bond donors (Lipinski definition) is 0. The molecular weight excluding hydrogens is 339 g/mol. The third-order valence-electron chi connectivity index (χ3n) is 3.72. The van der Waals surface area contributed by atoms with Crippen molar-refractivity contribution in [3.05, 3.63) is 81.8 Å². The number of halogens is 1. The lowest BCUT2D eigenvalue weighted by Crippen LogP contribution is -2.15. The Kier molecular flexibility index (Phi) is 5.05. The van der Waals surface area contributed by atoms with Crippen molar-refractivity contribution in [2.45, 2.75) is 6.92 Å². The van der Waals surface area contributed by atoms with E-state index in [1.165, 1.54) is 29.5 Å². The molecule has 0 unspecified atom stereocenters. The van der Waals surface area contributed by atoms with E-state index in [4.69, 9.17) is 4.74 Å². The van der Waals surface area contributed by atoms with Gasteiger partial charge in [0.25, 0.3) is 0 Å². The Hall–Kier alpha value is -2.79. The molecule has 1 aromatic heterocycles. The molecular formula is C20H15FO3S. The lowest BCUT2D eigenvalue weighted by atomic mass is 10.1. The smallest absolute Gasteiger partial charge is 0.349 e. The van der Waals surface area contributed by atoms with Crippen molar-refractivity contribution >= 4 is 23.1 Å². The molecule has 3 nitrogen and oxygen atoms in total. The average molecular weight is 354 g/mol. The molecule has 1 heterocycles. The van der Waals surface area contributed by atoms with Crippen molar-refractivity contribution in [1.82, 2.24) is 0 Å². The number of thiophene rings is 1. The van der Waals surface area contributed by atoms with Gasteiger partial charge < -0.3 is 4.74 Å². The SMILES string of the molecule is Cc1ccc(-c2ccsc2C(=O)OCC(=O)c2ccccc2F)cc1. The van der Waals surface area contributed by atoms with E-state index in [1.807, 2.05) is 37.3 Å². The summed E-state index contributed by atoms with van der Waals surface area (Å²) in [6, 6.07) is 15.2.